The van der Waals surface area contributed by atoms with Crippen LogP contribution in [0.5, 0.6) is 0 Å². The number of rotatable bonds is 5. The van der Waals surface area contributed by atoms with Gasteiger partial charge in [0.15, 0.2) is 0 Å². The lowest BCUT2D eigenvalue weighted by atomic mass is 9.95. The molecule has 2 aromatic carbocycles. The third-order valence-corrected chi connectivity index (χ3v) is 6.69. The standard InChI is InChI=1S/C26H28FN5O3/c1-16(2)31-24(34)21-13-10-18(23(33)28-20-6-4-3-5-7-20)14-22(21)32-25(31)29-30(26(32)35)15-17-8-11-19(27)12-9-17/h8-14,16,20H,3-7,15H2,1-2H3,(H,28,33). The number of carbonyl (C=O) groups excluding carboxylic acids is 1. The molecule has 1 fully saturated rings. The monoisotopic (exact) mass is 477 g/mol. The Morgan fingerprint density at radius 2 is 1.80 bits per heavy atom. The smallest absolute Gasteiger partial charge is 0.349 e. The Morgan fingerprint density at radius 1 is 1.09 bits per heavy atom. The third kappa shape index (κ3) is 4.26. The molecule has 0 spiro atoms. The van der Waals surface area contributed by atoms with Crippen LogP contribution in [0.15, 0.2) is 52.1 Å². The van der Waals surface area contributed by atoms with Crippen LogP contribution in [-0.4, -0.2) is 30.7 Å². The highest BCUT2D eigenvalue weighted by atomic mass is 19.1. The lowest BCUT2D eigenvalue weighted by Crippen LogP contribution is -2.36. The molecule has 0 aliphatic heterocycles. The van der Waals surface area contributed by atoms with Crippen molar-refractivity contribution in [1.29, 1.82) is 0 Å². The van der Waals surface area contributed by atoms with Gasteiger partial charge in [-0.25, -0.2) is 18.3 Å². The van der Waals surface area contributed by atoms with E-state index in [0.29, 0.717) is 22.0 Å². The van der Waals surface area contributed by atoms with Gasteiger partial charge in [0.05, 0.1) is 17.4 Å². The fraction of sp³-hybridized carbons (Fsp3) is 0.385. The van der Waals surface area contributed by atoms with Gasteiger partial charge >= 0.3 is 5.69 Å². The Balaban J connectivity index is 1.65. The van der Waals surface area contributed by atoms with E-state index in [2.05, 4.69) is 10.4 Å². The molecule has 5 rings (SSSR count). The Bertz CT molecular complexity index is 1530. The van der Waals surface area contributed by atoms with Crippen LogP contribution in [0.4, 0.5) is 4.39 Å². The molecule has 0 saturated heterocycles. The average Bonchev–Trinajstić information content (AvgIpc) is 3.16. The highest BCUT2D eigenvalue weighted by molar-refractivity contribution is 5.98. The Labute approximate surface area is 201 Å². The molecule has 2 aromatic heterocycles. The van der Waals surface area contributed by atoms with Gasteiger partial charge in [-0.15, -0.1) is 5.10 Å². The first kappa shape index (κ1) is 23.0. The molecule has 1 aliphatic carbocycles. The van der Waals surface area contributed by atoms with E-state index in [-0.39, 0.29) is 41.7 Å². The van der Waals surface area contributed by atoms with Crippen LogP contribution in [0.25, 0.3) is 16.7 Å². The normalized spacial score (nSPS) is 14.7. The fourth-order valence-electron chi connectivity index (χ4n) is 4.87. The molecule has 0 bridgehead atoms. The van der Waals surface area contributed by atoms with Gasteiger partial charge in [0.25, 0.3) is 11.5 Å². The Kier molecular flexibility index (Phi) is 6.00. The minimum Gasteiger partial charge on any atom is -0.349 e. The largest absolute Gasteiger partial charge is 0.352 e. The van der Waals surface area contributed by atoms with E-state index in [1.165, 1.54) is 32.2 Å². The number of carbonyl (C=O) groups is 1. The van der Waals surface area contributed by atoms with Gasteiger partial charge < -0.3 is 5.32 Å². The highest BCUT2D eigenvalue weighted by Crippen LogP contribution is 2.20. The van der Waals surface area contributed by atoms with E-state index >= 15 is 0 Å². The van der Waals surface area contributed by atoms with Crippen LogP contribution in [0.2, 0.25) is 0 Å². The van der Waals surface area contributed by atoms with Crippen molar-refractivity contribution in [2.75, 3.05) is 0 Å². The van der Waals surface area contributed by atoms with Gasteiger partial charge in [-0.05, 0) is 62.6 Å². The number of fused-ring (bicyclic) bond motifs is 3. The van der Waals surface area contributed by atoms with E-state index < -0.39 is 5.69 Å². The summed E-state index contributed by atoms with van der Waals surface area (Å²) >= 11 is 0. The molecule has 0 unspecified atom stereocenters. The van der Waals surface area contributed by atoms with Crippen LogP contribution in [0.1, 0.15) is 67.9 Å². The lowest BCUT2D eigenvalue weighted by molar-refractivity contribution is 0.0928. The summed E-state index contributed by atoms with van der Waals surface area (Å²) in [7, 11) is 0. The van der Waals surface area contributed by atoms with Crippen LogP contribution < -0.4 is 16.6 Å². The summed E-state index contributed by atoms with van der Waals surface area (Å²) in [5, 5.41) is 7.89. The van der Waals surface area contributed by atoms with Gasteiger partial charge in [0, 0.05) is 17.6 Å². The number of hydrogen-bond acceptors (Lipinski definition) is 4. The lowest BCUT2D eigenvalue weighted by Gasteiger charge is -2.22. The summed E-state index contributed by atoms with van der Waals surface area (Å²) in [5.74, 6) is -0.379. The summed E-state index contributed by atoms with van der Waals surface area (Å²) in [6.07, 6.45) is 5.30. The van der Waals surface area contributed by atoms with Crippen molar-refractivity contribution in [1.82, 2.24) is 24.1 Å². The zero-order valence-corrected chi connectivity index (χ0v) is 19.8. The zero-order chi connectivity index (χ0) is 24.7. The van der Waals surface area contributed by atoms with E-state index in [1.54, 1.807) is 30.3 Å². The Morgan fingerprint density at radius 3 is 2.49 bits per heavy atom. The minimum atomic E-state index is -0.437. The maximum atomic E-state index is 13.5. The zero-order valence-electron chi connectivity index (χ0n) is 19.8. The van der Waals surface area contributed by atoms with Crippen molar-refractivity contribution in [2.24, 2.45) is 0 Å². The predicted molar refractivity (Wildman–Crippen MR) is 131 cm³/mol. The summed E-state index contributed by atoms with van der Waals surface area (Å²) in [4.78, 5) is 39.8. The minimum absolute atomic E-state index is 0.121. The molecule has 1 N–H and O–H groups in total. The molecule has 4 aromatic rings. The van der Waals surface area contributed by atoms with Crippen LogP contribution in [-0.2, 0) is 6.54 Å². The van der Waals surface area contributed by atoms with Crippen LogP contribution in [0, 0.1) is 5.82 Å². The Hall–Kier alpha value is -3.75. The predicted octanol–water partition coefficient (Wildman–Crippen LogP) is 3.64. The van der Waals surface area contributed by atoms with Crippen molar-refractivity contribution in [3.63, 3.8) is 0 Å². The van der Waals surface area contributed by atoms with Gasteiger partial charge in [0.1, 0.15) is 5.82 Å². The first-order valence-corrected chi connectivity index (χ1v) is 12.1. The van der Waals surface area contributed by atoms with E-state index in [4.69, 9.17) is 0 Å². The molecule has 1 aliphatic rings. The van der Waals surface area contributed by atoms with Gasteiger partial charge in [-0.3, -0.25) is 14.2 Å². The highest BCUT2D eigenvalue weighted by Gasteiger charge is 2.22. The SMILES string of the molecule is CC(C)n1c(=O)c2ccc(C(=O)NC3CCCCC3)cc2n2c(=O)n(Cc3ccc(F)cc3)nc12. The number of amides is 1. The number of aromatic nitrogens is 4. The molecule has 8 nitrogen and oxygen atoms in total. The van der Waals surface area contributed by atoms with Crippen LogP contribution in [0.3, 0.4) is 0 Å². The van der Waals surface area contributed by atoms with Crippen molar-refractivity contribution in [3.05, 3.63) is 80.2 Å². The van der Waals surface area contributed by atoms with Crippen molar-refractivity contribution >= 4 is 22.6 Å². The molecular formula is C26H28FN5O3. The van der Waals surface area contributed by atoms with E-state index in [9.17, 15) is 18.8 Å². The molecule has 9 heteroatoms. The second kappa shape index (κ2) is 9.13. The van der Waals surface area contributed by atoms with Crippen molar-refractivity contribution in [3.8, 4) is 0 Å². The maximum absolute atomic E-state index is 13.5. The number of hydrogen-bond donors (Lipinski definition) is 1. The van der Waals surface area contributed by atoms with E-state index in [0.717, 1.165) is 25.7 Å². The summed E-state index contributed by atoms with van der Waals surface area (Å²) < 4.78 is 17.4. The molecule has 0 atom stereocenters. The third-order valence-electron chi connectivity index (χ3n) is 6.69. The van der Waals surface area contributed by atoms with Gasteiger partial charge in [-0.2, -0.15) is 0 Å². The number of nitrogens with zero attached hydrogens (tertiary/aromatic N) is 4. The molecule has 2 heterocycles. The summed E-state index contributed by atoms with van der Waals surface area (Å²) in [6, 6.07) is 10.6. The van der Waals surface area contributed by atoms with Crippen LogP contribution >= 0.6 is 0 Å². The second-order valence-corrected chi connectivity index (χ2v) is 9.51. The maximum Gasteiger partial charge on any atom is 0.352 e. The van der Waals surface area contributed by atoms with Gasteiger partial charge in [-0.1, -0.05) is 31.4 Å². The van der Waals surface area contributed by atoms with Crippen molar-refractivity contribution < 1.29 is 9.18 Å². The molecule has 182 valence electrons. The first-order valence-electron chi connectivity index (χ1n) is 12.1. The molecule has 1 saturated carbocycles. The van der Waals surface area contributed by atoms with Gasteiger partial charge in [0.2, 0.25) is 5.78 Å². The molecular weight excluding hydrogens is 449 g/mol. The quantitative estimate of drug-likeness (QED) is 0.475. The number of nitrogens with one attached hydrogen (secondary N) is 1. The van der Waals surface area contributed by atoms with Crippen molar-refractivity contribution in [2.45, 2.75) is 64.6 Å². The molecule has 35 heavy (non-hydrogen) atoms. The second-order valence-electron chi connectivity index (χ2n) is 9.51. The fourth-order valence-corrected chi connectivity index (χ4v) is 4.87. The molecule has 0 radical (unpaired) electrons. The molecule has 1 amide bonds. The number of halogens is 1. The summed E-state index contributed by atoms with van der Waals surface area (Å²) in [5.41, 5.74) is 0.722. The average molecular weight is 478 g/mol. The number of benzene rings is 2. The topological polar surface area (TPSA) is 90.4 Å². The first-order chi connectivity index (χ1) is 16.8. The van der Waals surface area contributed by atoms with E-state index in [1.807, 2.05) is 13.8 Å². The summed E-state index contributed by atoms with van der Waals surface area (Å²) in [6.45, 7) is 3.82.